The van der Waals surface area contributed by atoms with Gasteiger partial charge in [0.05, 0.1) is 11.1 Å². The van der Waals surface area contributed by atoms with Crippen molar-refractivity contribution in [3.63, 3.8) is 0 Å². The van der Waals surface area contributed by atoms with Crippen LogP contribution in [-0.2, 0) is 0 Å². The van der Waals surface area contributed by atoms with Crippen LogP contribution in [0.1, 0.15) is 15.9 Å². The van der Waals surface area contributed by atoms with E-state index in [1.54, 1.807) is 30.5 Å². The number of carbonyl (C=O) groups is 1. The van der Waals surface area contributed by atoms with Crippen molar-refractivity contribution in [3.05, 3.63) is 52.1 Å². The Morgan fingerprint density at radius 1 is 1.42 bits per heavy atom. The first-order valence-corrected chi connectivity index (χ1v) is 6.78. The van der Waals surface area contributed by atoms with E-state index in [0.717, 1.165) is 16.2 Å². The second-order valence-corrected chi connectivity index (χ2v) is 5.46. The van der Waals surface area contributed by atoms with E-state index in [9.17, 15) is 4.79 Å². The van der Waals surface area contributed by atoms with Gasteiger partial charge in [-0.15, -0.1) is 0 Å². The molecular weight excluding hydrogens is 328 g/mol. The average Bonchev–Trinajstić information content (AvgIpc) is 2.39. The van der Waals surface area contributed by atoms with Crippen molar-refractivity contribution >= 4 is 33.7 Å². The zero-order chi connectivity index (χ0) is 13.8. The van der Waals surface area contributed by atoms with E-state index < -0.39 is 5.97 Å². The van der Waals surface area contributed by atoms with Gasteiger partial charge in [-0.05, 0) is 30.3 Å². The van der Waals surface area contributed by atoms with Gasteiger partial charge in [-0.2, -0.15) is 5.26 Å². The third-order valence-electron chi connectivity index (χ3n) is 2.27. The van der Waals surface area contributed by atoms with Crippen LogP contribution < -0.4 is 0 Å². The van der Waals surface area contributed by atoms with Crippen LogP contribution in [0.15, 0.2) is 50.9 Å². The van der Waals surface area contributed by atoms with Gasteiger partial charge in [0, 0.05) is 15.6 Å². The zero-order valence-electron chi connectivity index (χ0n) is 9.50. The fraction of sp³-hybridized carbons (Fsp3) is 0. The van der Waals surface area contributed by atoms with Gasteiger partial charge in [0.25, 0.3) is 0 Å². The number of nitriles is 1. The molecule has 4 nitrogen and oxygen atoms in total. The SMILES string of the molecule is N#Cc1cccnc1Sc1cc(Br)ccc1C(=O)O. The largest absolute Gasteiger partial charge is 0.478 e. The Morgan fingerprint density at radius 3 is 2.89 bits per heavy atom. The second-order valence-electron chi connectivity index (χ2n) is 3.52. The molecule has 1 aromatic heterocycles. The molecule has 6 heteroatoms. The predicted octanol–water partition coefficient (Wildman–Crippen LogP) is 3.57. The van der Waals surface area contributed by atoms with E-state index in [1.807, 2.05) is 6.07 Å². The summed E-state index contributed by atoms with van der Waals surface area (Å²) in [7, 11) is 0. The summed E-state index contributed by atoms with van der Waals surface area (Å²) in [6.45, 7) is 0. The van der Waals surface area contributed by atoms with E-state index in [2.05, 4.69) is 20.9 Å². The third-order valence-corrected chi connectivity index (χ3v) is 3.84. The van der Waals surface area contributed by atoms with Crippen LogP contribution in [0.25, 0.3) is 0 Å². The monoisotopic (exact) mass is 334 g/mol. The third kappa shape index (κ3) is 3.13. The topological polar surface area (TPSA) is 74.0 Å². The van der Waals surface area contributed by atoms with Gasteiger partial charge in [0.15, 0.2) is 0 Å². The quantitative estimate of drug-likeness (QED) is 0.928. The number of hydrogen-bond acceptors (Lipinski definition) is 4. The Bertz CT molecular complexity index is 683. The summed E-state index contributed by atoms with van der Waals surface area (Å²) in [5.41, 5.74) is 0.603. The van der Waals surface area contributed by atoms with Gasteiger partial charge in [-0.1, -0.05) is 27.7 Å². The summed E-state index contributed by atoms with van der Waals surface area (Å²) >= 11 is 4.47. The molecule has 2 rings (SSSR count). The standard InChI is InChI=1S/C13H7BrN2O2S/c14-9-3-4-10(13(17)18)11(6-9)19-12-8(7-15)2-1-5-16-12/h1-6H,(H,17,18). The van der Waals surface area contributed by atoms with E-state index in [4.69, 9.17) is 10.4 Å². The lowest BCUT2D eigenvalue weighted by Crippen LogP contribution is -1.99. The van der Waals surface area contributed by atoms with E-state index >= 15 is 0 Å². The highest BCUT2D eigenvalue weighted by atomic mass is 79.9. The Balaban J connectivity index is 2.46. The number of pyridine rings is 1. The minimum atomic E-state index is -1.01. The van der Waals surface area contributed by atoms with Crippen LogP contribution in [0.5, 0.6) is 0 Å². The first-order chi connectivity index (χ1) is 9.11. The molecule has 0 unspecified atom stereocenters. The van der Waals surface area contributed by atoms with E-state index in [0.29, 0.717) is 15.5 Å². The molecule has 1 N–H and O–H groups in total. The molecule has 0 radical (unpaired) electrons. The molecule has 2 aromatic rings. The maximum absolute atomic E-state index is 11.2. The fourth-order valence-electron chi connectivity index (χ4n) is 1.42. The second kappa shape index (κ2) is 5.87. The maximum atomic E-state index is 11.2. The molecule has 0 aliphatic carbocycles. The molecule has 0 fully saturated rings. The van der Waals surface area contributed by atoms with Gasteiger partial charge in [-0.25, -0.2) is 9.78 Å². The summed E-state index contributed by atoms with van der Waals surface area (Å²) in [4.78, 5) is 15.8. The van der Waals surface area contributed by atoms with Crippen molar-refractivity contribution in [2.24, 2.45) is 0 Å². The Kier molecular flexibility index (Phi) is 4.20. The van der Waals surface area contributed by atoms with Crippen molar-refractivity contribution in [3.8, 4) is 6.07 Å². The normalized spacial score (nSPS) is 9.89. The molecule has 19 heavy (non-hydrogen) atoms. The highest BCUT2D eigenvalue weighted by Crippen LogP contribution is 2.33. The number of benzene rings is 1. The van der Waals surface area contributed by atoms with Gasteiger partial charge >= 0.3 is 5.97 Å². The van der Waals surface area contributed by atoms with E-state index in [1.165, 1.54) is 6.07 Å². The Hall–Kier alpha value is -1.84. The molecule has 0 saturated carbocycles. The maximum Gasteiger partial charge on any atom is 0.336 e. The zero-order valence-corrected chi connectivity index (χ0v) is 11.9. The summed E-state index contributed by atoms with van der Waals surface area (Å²) in [5.74, 6) is -1.01. The summed E-state index contributed by atoms with van der Waals surface area (Å²) in [6.07, 6.45) is 1.57. The first kappa shape index (κ1) is 13.6. The molecule has 94 valence electrons. The fourth-order valence-corrected chi connectivity index (χ4v) is 2.93. The summed E-state index contributed by atoms with van der Waals surface area (Å²) < 4.78 is 0.773. The highest BCUT2D eigenvalue weighted by molar-refractivity contribution is 9.10. The molecule has 0 bridgehead atoms. The Labute approximate surface area is 122 Å². The van der Waals surface area contributed by atoms with Crippen molar-refractivity contribution in [2.45, 2.75) is 9.92 Å². The van der Waals surface area contributed by atoms with Crippen LogP contribution in [0.4, 0.5) is 0 Å². The molecule has 0 aliphatic heterocycles. The number of rotatable bonds is 3. The summed E-state index contributed by atoms with van der Waals surface area (Å²) in [6, 6.07) is 10.2. The van der Waals surface area contributed by atoms with Crippen molar-refractivity contribution in [1.29, 1.82) is 5.26 Å². The van der Waals surface area contributed by atoms with Crippen molar-refractivity contribution < 1.29 is 9.90 Å². The van der Waals surface area contributed by atoms with E-state index in [-0.39, 0.29) is 5.56 Å². The smallest absolute Gasteiger partial charge is 0.336 e. The highest BCUT2D eigenvalue weighted by Gasteiger charge is 2.14. The number of halogens is 1. The predicted molar refractivity (Wildman–Crippen MR) is 74.2 cm³/mol. The van der Waals surface area contributed by atoms with Crippen molar-refractivity contribution in [2.75, 3.05) is 0 Å². The molecule has 0 aliphatic rings. The molecule has 1 heterocycles. The summed E-state index contributed by atoms with van der Waals surface area (Å²) in [5, 5.41) is 18.6. The van der Waals surface area contributed by atoms with Gasteiger partial charge in [0.1, 0.15) is 11.1 Å². The van der Waals surface area contributed by atoms with Crippen LogP contribution in [0.3, 0.4) is 0 Å². The number of carboxylic acid groups (broad SMARTS) is 1. The van der Waals surface area contributed by atoms with Gasteiger partial charge < -0.3 is 5.11 Å². The number of aromatic nitrogens is 1. The molecule has 1 aromatic carbocycles. The number of nitrogens with zero attached hydrogens (tertiary/aromatic N) is 2. The van der Waals surface area contributed by atoms with Crippen LogP contribution in [-0.4, -0.2) is 16.1 Å². The lowest BCUT2D eigenvalue weighted by atomic mass is 10.2. The van der Waals surface area contributed by atoms with Crippen LogP contribution in [0.2, 0.25) is 0 Å². The lowest BCUT2D eigenvalue weighted by molar-refractivity contribution is 0.0693. The van der Waals surface area contributed by atoms with Crippen LogP contribution >= 0.6 is 27.7 Å². The molecule has 0 saturated heterocycles. The molecule has 0 amide bonds. The first-order valence-electron chi connectivity index (χ1n) is 5.17. The lowest BCUT2D eigenvalue weighted by Gasteiger charge is -2.06. The van der Waals surface area contributed by atoms with Gasteiger partial charge in [0.2, 0.25) is 0 Å². The van der Waals surface area contributed by atoms with Gasteiger partial charge in [-0.3, -0.25) is 0 Å². The minimum Gasteiger partial charge on any atom is -0.478 e. The average molecular weight is 335 g/mol. The number of carboxylic acids is 1. The number of aromatic carboxylic acids is 1. The number of hydrogen-bond donors (Lipinski definition) is 1. The Morgan fingerprint density at radius 2 is 2.21 bits per heavy atom. The molecular formula is C13H7BrN2O2S. The molecule has 0 spiro atoms. The van der Waals surface area contributed by atoms with Crippen LogP contribution in [0, 0.1) is 11.3 Å². The minimum absolute atomic E-state index is 0.183. The van der Waals surface area contributed by atoms with Crippen molar-refractivity contribution in [1.82, 2.24) is 4.98 Å². The molecule has 0 atom stereocenters.